The summed E-state index contributed by atoms with van der Waals surface area (Å²) >= 11 is 0. The maximum absolute atomic E-state index is 9.19. The van der Waals surface area contributed by atoms with Gasteiger partial charge in [0.1, 0.15) is 0 Å². The topological polar surface area (TPSA) is 78.4 Å². The van der Waals surface area contributed by atoms with Gasteiger partial charge in [-0.3, -0.25) is 4.55 Å². The van der Waals surface area contributed by atoms with Crippen molar-refractivity contribution >= 4 is 10.1 Å². The maximum atomic E-state index is 9.19. The quantitative estimate of drug-likeness (QED) is 0.405. The molecule has 0 atom stereocenters. The normalized spacial score (nSPS) is 18.4. The van der Waals surface area contributed by atoms with Gasteiger partial charge < -0.3 is 10.6 Å². The molecule has 0 aromatic rings. The van der Waals surface area contributed by atoms with E-state index >= 15 is 0 Å². The monoisotopic (exact) mass is 182 g/mol. The Bertz CT molecular complexity index is 155. The van der Waals surface area contributed by atoms with E-state index < -0.39 is 10.1 Å². The van der Waals surface area contributed by atoms with Crippen LogP contribution < -0.4 is 10.6 Å². The van der Waals surface area contributed by atoms with E-state index in [0.29, 0.717) is 6.26 Å². The molecule has 11 heavy (non-hydrogen) atoms. The highest BCUT2D eigenvalue weighted by Gasteiger charge is 1.91. The lowest BCUT2D eigenvalue weighted by atomic mass is 10.4. The fourth-order valence-electron chi connectivity index (χ4n) is 0.604. The molecule has 0 spiro atoms. The first-order valence-corrected chi connectivity index (χ1v) is 5.19. The highest BCUT2D eigenvalue weighted by molar-refractivity contribution is 7.85. The molecule has 1 heterocycles. The van der Waals surface area contributed by atoms with Crippen LogP contribution >= 0.6 is 0 Å². The lowest BCUT2D eigenvalue weighted by Crippen LogP contribution is -2.39. The van der Waals surface area contributed by atoms with Crippen molar-refractivity contribution < 1.29 is 13.0 Å². The second kappa shape index (κ2) is 5.48. The molecule has 1 rings (SSSR count). The summed E-state index contributed by atoms with van der Waals surface area (Å²) < 4.78 is 25.9. The second-order valence-corrected chi connectivity index (χ2v) is 3.70. The van der Waals surface area contributed by atoms with E-state index in [2.05, 4.69) is 10.6 Å². The van der Waals surface area contributed by atoms with Crippen LogP contribution in [0.3, 0.4) is 0 Å². The molecule has 0 bridgehead atoms. The van der Waals surface area contributed by atoms with Crippen molar-refractivity contribution in [3.63, 3.8) is 0 Å². The van der Waals surface area contributed by atoms with Crippen molar-refractivity contribution in [1.82, 2.24) is 10.6 Å². The number of hydrogen-bond acceptors (Lipinski definition) is 4. The molecule has 0 aromatic carbocycles. The zero-order valence-corrected chi connectivity index (χ0v) is 7.32. The Hall–Kier alpha value is -0.170. The third-order valence-electron chi connectivity index (χ3n) is 0.957. The lowest BCUT2D eigenvalue weighted by Gasteiger charge is -2.11. The van der Waals surface area contributed by atoms with Gasteiger partial charge in [0.25, 0.3) is 10.1 Å². The summed E-state index contributed by atoms with van der Waals surface area (Å²) in [6.45, 7) is 4.56. The molecule has 0 saturated carbocycles. The van der Waals surface area contributed by atoms with Gasteiger partial charge >= 0.3 is 0 Å². The summed E-state index contributed by atoms with van der Waals surface area (Å²) in [5.74, 6) is 0. The Morgan fingerprint density at radius 3 is 1.36 bits per heavy atom. The minimum atomic E-state index is -3.67. The summed E-state index contributed by atoms with van der Waals surface area (Å²) in [6, 6.07) is 0. The van der Waals surface area contributed by atoms with Gasteiger partial charge in [0.05, 0.1) is 6.26 Å². The summed E-state index contributed by atoms with van der Waals surface area (Å²) in [4.78, 5) is 0. The van der Waals surface area contributed by atoms with Crippen LogP contribution in [0.1, 0.15) is 0 Å². The SMILES string of the molecule is C1CNCCN1.CS(=O)(=O)O. The molecular weight excluding hydrogens is 168 g/mol. The number of piperazine rings is 1. The predicted octanol–water partition coefficient (Wildman–Crippen LogP) is -1.32. The van der Waals surface area contributed by atoms with Crippen LogP contribution in [0, 0.1) is 0 Å². The van der Waals surface area contributed by atoms with Crippen LogP contribution in [0.25, 0.3) is 0 Å². The number of hydrogen-bond donors (Lipinski definition) is 3. The molecule has 1 aliphatic heterocycles. The molecule has 1 fully saturated rings. The lowest BCUT2D eigenvalue weighted by molar-refractivity contribution is 0.490. The second-order valence-electron chi connectivity index (χ2n) is 2.23. The summed E-state index contributed by atoms with van der Waals surface area (Å²) in [6.07, 6.45) is 0.715. The molecule has 1 aliphatic rings. The van der Waals surface area contributed by atoms with Crippen LogP contribution in [-0.4, -0.2) is 45.4 Å². The molecule has 5 nitrogen and oxygen atoms in total. The van der Waals surface area contributed by atoms with Gasteiger partial charge in [-0.2, -0.15) is 8.42 Å². The highest BCUT2D eigenvalue weighted by Crippen LogP contribution is 1.65. The first-order valence-electron chi connectivity index (χ1n) is 3.34. The summed E-state index contributed by atoms with van der Waals surface area (Å²) in [7, 11) is -3.67. The van der Waals surface area contributed by atoms with Crippen LogP contribution in [0.15, 0.2) is 0 Å². The molecule has 6 heteroatoms. The molecule has 0 unspecified atom stereocenters. The molecule has 0 aromatic heterocycles. The average molecular weight is 182 g/mol. The van der Waals surface area contributed by atoms with E-state index in [-0.39, 0.29) is 0 Å². The van der Waals surface area contributed by atoms with Gasteiger partial charge in [-0.05, 0) is 0 Å². The summed E-state index contributed by atoms with van der Waals surface area (Å²) in [5, 5.41) is 6.44. The minimum Gasteiger partial charge on any atom is -0.314 e. The highest BCUT2D eigenvalue weighted by atomic mass is 32.2. The molecule has 0 aliphatic carbocycles. The Labute approximate surface area is 66.9 Å². The third kappa shape index (κ3) is 17.7. The van der Waals surface area contributed by atoms with Crippen molar-refractivity contribution in [1.29, 1.82) is 0 Å². The van der Waals surface area contributed by atoms with Gasteiger partial charge in [-0.15, -0.1) is 0 Å². The largest absolute Gasteiger partial charge is 0.314 e. The zero-order valence-electron chi connectivity index (χ0n) is 6.50. The molecule has 0 amide bonds. The van der Waals surface area contributed by atoms with Crippen LogP contribution in [0.2, 0.25) is 0 Å². The predicted molar refractivity (Wildman–Crippen MR) is 43.2 cm³/mol. The van der Waals surface area contributed by atoms with E-state index in [1.54, 1.807) is 0 Å². The first kappa shape index (κ1) is 10.8. The van der Waals surface area contributed by atoms with Gasteiger partial charge in [-0.1, -0.05) is 0 Å². The van der Waals surface area contributed by atoms with Gasteiger partial charge in [0.15, 0.2) is 0 Å². The van der Waals surface area contributed by atoms with Gasteiger partial charge in [-0.25, -0.2) is 0 Å². The Morgan fingerprint density at radius 2 is 1.27 bits per heavy atom. The fraction of sp³-hybridized carbons (Fsp3) is 1.00. The molecular formula is C5H14N2O3S. The first-order chi connectivity index (χ1) is 5.00. The Kier molecular flexibility index (Phi) is 5.39. The van der Waals surface area contributed by atoms with Crippen molar-refractivity contribution in [3.05, 3.63) is 0 Å². The molecule has 68 valence electrons. The van der Waals surface area contributed by atoms with Crippen LogP contribution in [-0.2, 0) is 10.1 Å². The van der Waals surface area contributed by atoms with Crippen LogP contribution in [0.4, 0.5) is 0 Å². The van der Waals surface area contributed by atoms with Crippen molar-refractivity contribution in [2.75, 3.05) is 32.4 Å². The number of rotatable bonds is 0. The van der Waals surface area contributed by atoms with Crippen molar-refractivity contribution in [2.24, 2.45) is 0 Å². The smallest absolute Gasteiger partial charge is 0.261 e. The van der Waals surface area contributed by atoms with E-state index in [0.717, 1.165) is 26.2 Å². The minimum absolute atomic E-state index is 0.715. The maximum Gasteiger partial charge on any atom is 0.261 e. The Balaban J connectivity index is 0.000000187. The van der Waals surface area contributed by atoms with E-state index in [4.69, 9.17) is 4.55 Å². The average Bonchev–Trinajstić information content (AvgIpc) is 1.88. The zero-order chi connectivity index (χ0) is 8.74. The van der Waals surface area contributed by atoms with E-state index in [9.17, 15) is 8.42 Å². The third-order valence-corrected chi connectivity index (χ3v) is 0.957. The number of nitrogens with one attached hydrogen (secondary N) is 2. The molecule has 3 N–H and O–H groups in total. The molecule has 0 radical (unpaired) electrons. The van der Waals surface area contributed by atoms with E-state index in [1.165, 1.54) is 0 Å². The summed E-state index contributed by atoms with van der Waals surface area (Å²) in [5.41, 5.74) is 0. The van der Waals surface area contributed by atoms with Crippen LogP contribution in [0.5, 0.6) is 0 Å². The van der Waals surface area contributed by atoms with E-state index in [1.807, 2.05) is 0 Å². The molecule has 1 saturated heterocycles. The van der Waals surface area contributed by atoms with Gasteiger partial charge in [0.2, 0.25) is 0 Å². The van der Waals surface area contributed by atoms with Crippen molar-refractivity contribution in [3.8, 4) is 0 Å². The Morgan fingerprint density at radius 1 is 1.09 bits per heavy atom. The fourth-order valence-corrected chi connectivity index (χ4v) is 0.604. The van der Waals surface area contributed by atoms with Gasteiger partial charge in [0, 0.05) is 26.2 Å². The standard InChI is InChI=1S/C4H10N2.CH4O3S/c1-2-6-4-3-5-1;1-5(2,3)4/h5-6H,1-4H2;1H3,(H,2,3,4). The van der Waals surface area contributed by atoms with Crippen molar-refractivity contribution in [2.45, 2.75) is 0 Å².